The van der Waals surface area contributed by atoms with Gasteiger partial charge in [-0.3, -0.25) is 0 Å². The van der Waals surface area contributed by atoms with E-state index in [0.29, 0.717) is 17.6 Å². The molecule has 1 aliphatic heterocycles. The summed E-state index contributed by atoms with van der Waals surface area (Å²) in [4.78, 5) is 0. The minimum atomic E-state index is -0.124. The second kappa shape index (κ2) is 4.38. The molecule has 102 valence electrons. The van der Waals surface area contributed by atoms with Crippen molar-refractivity contribution in [2.45, 2.75) is 45.3 Å². The van der Waals surface area contributed by atoms with Crippen LogP contribution in [-0.2, 0) is 4.74 Å². The average Bonchev–Trinajstić information content (AvgIpc) is 2.37. The Kier molecular flexibility index (Phi) is 2.94. The molecule has 0 aromatic heterocycles. The number of aromatic hydroxyl groups is 1. The van der Waals surface area contributed by atoms with E-state index in [4.69, 9.17) is 4.74 Å². The first-order valence-electron chi connectivity index (χ1n) is 7.11. The zero-order valence-electron chi connectivity index (χ0n) is 11.9. The molecule has 3 atom stereocenters. The molecular formula is C17H22O2. The lowest BCUT2D eigenvalue weighted by molar-refractivity contribution is -0.167. The second-order valence-electron chi connectivity index (χ2n) is 6.42. The van der Waals surface area contributed by atoms with Crippen LogP contribution in [0.4, 0.5) is 0 Å². The van der Waals surface area contributed by atoms with Crippen LogP contribution in [0.3, 0.4) is 0 Å². The predicted octanol–water partition coefficient (Wildman–Crippen LogP) is 4.21. The summed E-state index contributed by atoms with van der Waals surface area (Å²) in [6.45, 7) is 6.54. The van der Waals surface area contributed by atoms with Crippen LogP contribution in [0.1, 0.15) is 45.3 Å². The van der Waals surface area contributed by atoms with Crippen LogP contribution < -0.4 is 0 Å². The lowest BCUT2D eigenvalue weighted by atomic mass is 9.68. The number of rotatable bonds is 1. The van der Waals surface area contributed by atoms with Crippen LogP contribution in [0.2, 0.25) is 0 Å². The van der Waals surface area contributed by atoms with Gasteiger partial charge in [-0.1, -0.05) is 29.8 Å². The van der Waals surface area contributed by atoms with E-state index >= 15 is 0 Å². The quantitative estimate of drug-likeness (QED) is 0.764. The van der Waals surface area contributed by atoms with E-state index in [-0.39, 0.29) is 11.7 Å². The fraction of sp³-hybridized carbons (Fsp3) is 0.529. The molecule has 1 aliphatic carbocycles. The highest BCUT2D eigenvalue weighted by Crippen LogP contribution is 2.52. The molecular weight excluding hydrogens is 236 g/mol. The van der Waals surface area contributed by atoms with Gasteiger partial charge in [0, 0.05) is 11.5 Å². The zero-order chi connectivity index (χ0) is 13.6. The smallest absolute Gasteiger partial charge is 0.121 e. The van der Waals surface area contributed by atoms with Crippen LogP contribution in [0.25, 0.3) is 0 Å². The first-order valence-corrected chi connectivity index (χ1v) is 7.11. The summed E-state index contributed by atoms with van der Waals surface area (Å²) in [5, 5.41) is 10.1. The van der Waals surface area contributed by atoms with Gasteiger partial charge in [0.25, 0.3) is 0 Å². The molecule has 2 aliphatic rings. The highest BCUT2D eigenvalue weighted by molar-refractivity contribution is 5.36. The van der Waals surface area contributed by atoms with Gasteiger partial charge in [-0.05, 0) is 45.6 Å². The molecule has 0 saturated carbocycles. The van der Waals surface area contributed by atoms with Crippen molar-refractivity contribution in [3.8, 4) is 5.75 Å². The van der Waals surface area contributed by atoms with E-state index in [1.807, 2.05) is 18.2 Å². The third-order valence-electron chi connectivity index (χ3n) is 4.87. The van der Waals surface area contributed by atoms with Crippen molar-refractivity contribution in [1.82, 2.24) is 0 Å². The van der Waals surface area contributed by atoms with E-state index in [9.17, 15) is 5.11 Å². The fourth-order valence-corrected chi connectivity index (χ4v) is 3.51. The summed E-state index contributed by atoms with van der Waals surface area (Å²) in [5.41, 5.74) is 2.20. The molecule has 1 fully saturated rings. The molecule has 0 amide bonds. The van der Waals surface area contributed by atoms with Crippen LogP contribution in [0, 0.1) is 11.8 Å². The van der Waals surface area contributed by atoms with E-state index in [1.54, 1.807) is 6.07 Å². The van der Waals surface area contributed by atoms with Crippen molar-refractivity contribution < 1.29 is 9.84 Å². The number of hydrogen-bond acceptors (Lipinski definition) is 2. The predicted molar refractivity (Wildman–Crippen MR) is 76.0 cm³/mol. The molecule has 1 heterocycles. The van der Waals surface area contributed by atoms with Gasteiger partial charge in [-0.25, -0.2) is 0 Å². The molecule has 1 saturated heterocycles. The van der Waals surface area contributed by atoms with Crippen molar-refractivity contribution >= 4 is 0 Å². The Balaban J connectivity index is 2.03. The summed E-state index contributed by atoms with van der Waals surface area (Å²) in [5.74, 6) is 1.34. The molecule has 1 aromatic carbocycles. The van der Waals surface area contributed by atoms with E-state index in [2.05, 4.69) is 26.8 Å². The summed E-state index contributed by atoms with van der Waals surface area (Å²) in [7, 11) is 0. The molecule has 19 heavy (non-hydrogen) atoms. The maximum absolute atomic E-state index is 10.1. The maximum Gasteiger partial charge on any atom is 0.121 e. The van der Waals surface area contributed by atoms with Gasteiger partial charge >= 0.3 is 0 Å². The molecule has 0 spiro atoms. The van der Waals surface area contributed by atoms with Crippen molar-refractivity contribution in [1.29, 1.82) is 0 Å². The fourth-order valence-electron chi connectivity index (χ4n) is 3.51. The Morgan fingerprint density at radius 3 is 2.74 bits per heavy atom. The van der Waals surface area contributed by atoms with Gasteiger partial charge in [-0.2, -0.15) is 0 Å². The first kappa shape index (κ1) is 12.7. The first-order chi connectivity index (χ1) is 8.99. The zero-order valence-corrected chi connectivity index (χ0v) is 11.9. The van der Waals surface area contributed by atoms with E-state index in [1.165, 1.54) is 5.57 Å². The number of fused-ring (bicyclic) bond motifs is 2. The number of benzene rings is 1. The number of allylic oxidation sites excluding steroid dienone is 1. The number of hydrogen-bond donors (Lipinski definition) is 1. The highest BCUT2D eigenvalue weighted by Gasteiger charge is 2.45. The monoisotopic (exact) mass is 258 g/mol. The van der Waals surface area contributed by atoms with E-state index in [0.717, 1.165) is 18.4 Å². The van der Waals surface area contributed by atoms with Gasteiger partial charge in [0.1, 0.15) is 5.75 Å². The van der Waals surface area contributed by atoms with E-state index < -0.39 is 0 Å². The molecule has 2 bridgehead atoms. The highest BCUT2D eigenvalue weighted by atomic mass is 16.5. The molecule has 3 rings (SSSR count). The average molecular weight is 258 g/mol. The summed E-state index contributed by atoms with van der Waals surface area (Å²) in [6, 6.07) is 7.57. The van der Waals surface area contributed by atoms with Crippen LogP contribution >= 0.6 is 0 Å². The Morgan fingerprint density at radius 1 is 1.26 bits per heavy atom. The summed E-state index contributed by atoms with van der Waals surface area (Å²) in [6.07, 6.45) is 4.61. The van der Waals surface area contributed by atoms with Crippen molar-refractivity contribution in [2.75, 3.05) is 0 Å². The summed E-state index contributed by atoms with van der Waals surface area (Å²) >= 11 is 0. The maximum atomic E-state index is 10.1. The lowest BCUT2D eigenvalue weighted by Crippen LogP contribution is -2.45. The van der Waals surface area contributed by atoms with Crippen LogP contribution in [-0.4, -0.2) is 10.7 Å². The van der Waals surface area contributed by atoms with Gasteiger partial charge in [0.2, 0.25) is 0 Å². The van der Waals surface area contributed by atoms with Crippen molar-refractivity contribution in [3.05, 3.63) is 41.5 Å². The standard InChI is InChI=1S/C17H22O2/c1-11-8-9-12-10-14(11)16(19-17(12,2)3)13-6-4-5-7-15(13)18/h4-8,12,14,16,18H,9-10H2,1-3H3/t12-,14-,16-/m1/s1. The Labute approximate surface area is 115 Å². The Bertz CT molecular complexity index is 516. The SMILES string of the molecule is CC1=CC[C@@H]2C[C@H]1[C@@H](c1ccccc1O)OC2(C)C. The normalized spacial score (nSPS) is 32.8. The number of phenols is 1. The van der Waals surface area contributed by atoms with Gasteiger partial charge in [0.05, 0.1) is 11.7 Å². The molecule has 1 N–H and O–H groups in total. The number of para-hydroxylation sites is 1. The van der Waals surface area contributed by atoms with Gasteiger partial charge < -0.3 is 9.84 Å². The molecule has 2 nitrogen and oxygen atoms in total. The lowest BCUT2D eigenvalue weighted by Gasteiger charge is -2.49. The van der Waals surface area contributed by atoms with Crippen molar-refractivity contribution in [2.24, 2.45) is 11.8 Å². The second-order valence-corrected chi connectivity index (χ2v) is 6.42. The molecule has 0 radical (unpaired) electrons. The topological polar surface area (TPSA) is 29.5 Å². The molecule has 2 heteroatoms. The van der Waals surface area contributed by atoms with Crippen LogP contribution in [0.15, 0.2) is 35.9 Å². The largest absolute Gasteiger partial charge is 0.508 e. The number of ether oxygens (including phenoxy) is 1. The van der Waals surface area contributed by atoms with Crippen molar-refractivity contribution in [3.63, 3.8) is 0 Å². The minimum Gasteiger partial charge on any atom is -0.508 e. The summed E-state index contributed by atoms with van der Waals surface area (Å²) < 4.78 is 6.38. The third kappa shape index (κ3) is 2.08. The minimum absolute atomic E-state index is 0.0241. The van der Waals surface area contributed by atoms with Crippen LogP contribution in [0.5, 0.6) is 5.75 Å². The van der Waals surface area contributed by atoms with Gasteiger partial charge in [-0.15, -0.1) is 0 Å². The Hall–Kier alpha value is -1.28. The molecule has 1 aromatic rings. The van der Waals surface area contributed by atoms with Gasteiger partial charge in [0.15, 0.2) is 0 Å². The Morgan fingerprint density at radius 2 is 2.00 bits per heavy atom. The number of phenolic OH excluding ortho intramolecular Hbond substituents is 1. The molecule has 0 unspecified atom stereocenters. The third-order valence-corrected chi connectivity index (χ3v) is 4.87.